The van der Waals surface area contributed by atoms with E-state index in [1.165, 1.54) is 6.33 Å². The van der Waals surface area contributed by atoms with Crippen LogP contribution in [0.2, 0.25) is 0 Å². The van der Waals surface area contributed by atoms with E-state index in [1.54, 1.807) is 11.8 Å². The van der Waals surface area contributed by atoms with E-state index in [1.807, 2.05) is 17.3 Å². The van der Waals surface area contributed by atoms with Crippen molar-refractivity contribution in [2.75, 3.05) is 26.8 Å². The second kappa shape index (κ2) is 8.00. The van der Waals surface area contributed by atoms with E-state index in [2.05, 4.69) is 25.1 Å². The Hall–Kier alpha value is -2.29. The van der Waals surface area contributed by atoms with Crippen LogP contribution in [0, 0.1) is 0 Å². The van der Waals surface area contributed by atoms with Gasteiger partial charge in [-0.25, -0.2) is 9.67 Å². The van der Waals surface area contributed by atoms with Crippen molar-refractivity contribution in [1.29, 1.82) is 0 Å². The fourth-order valence-corrected chi connectivity index (χ4v) is 3.12. The van der Waals surface area contributed by atoms with Gasteiger partial charge in [-0.2, -0.15) is 0 Å². The number of aryl methyl sites for hydroxylation is 1. The van der Waals surface area contributed by atoms with Crippen LogP contribution in [-0.2, 0) is 22.6 Å². The number of carbonyl (C=O) groups is 1. The molecule has 9 nitrogen and oxygen atoms in total. The summed E-state index contributed by atoms with van der Waals surface area (Å²) in [7, 11) is 1.70. The fraction of sp³-hybridized carbons (Fsp3) is 0.667. The molecule has 1 atom stereocenters. The molecule has 0 N–H and O–H groups in total. The predicted octanol–water partition coefficient (Wildman–Crippen LogP) is 0.312. The third-order valence-corrected chi connectivity index (χ3v) is 4.37. The van der Waals surface area contributed by atoms with Gasteiger partial charge >= 0.3 is 0 Å². The van der Waals surface area contributed by atoms with Crippen molar-refractivity contribution in [2.45, 2.75) is 38.3 Å². The molecule has 24 heavy (non-hydrogen) atoms. The lowest BCUT2D eigenvalue weighted by Gasteiger charge is -2.32. The van der Waals surface area contributed by atoms with Crippen LogP contribution in [0.5, 0.6) is 0 Å². The van der Waals surface area contributed by atoms with Gasteiger partial charge in [0.05, 0.1) is 13.2 Å². The zero-order valence-corrected chi connectivity index (χ0v) is 13.9. The minimum atomic E-state index is 0.144. The number of hydrogen-bond donors (Lipinski definition) is 0. The number of imidazole rings is 1. The van der Waals surface area contributed by atoms with Gasteiger partial charge in [0, 0.05) is 51.5 Å². The maximum absolute atomic E-state index is 12.5. The van der Waals surface area contributed by atoms with Crippen LogP contribution in [-0.4, -0.2) is 67.4 Å². The average Bonchev–Trinajstić information content (AvgIpc) is 3.29. The maximum Gasteiger partial charge on any atom is 0.224 e. The molecule has 130 valence electrons. The molecule has 1 fully saturated rings. The van der Waals surface area contributed by atoms with E-state index in [9.17, 15) is 4.79 Å². The van der Waals surface area contributed by atoms with Crippen molar-refractivity contribution in [3.8, 4) is 0 Å². The Kier molecular flexibility index (Phi) is 5.52. The van der Waals surface area contributed by atoms with Crippen LogP contribution in [0.1, 0.15) is 31.0 Å². The van der Waals surface area contributed by atoms with Gasteiger partial charge in [-0.3, -0.25) is 4.79 Å². The summed E-state index contributed by atoms with van der Waals surface area (Å²) >= 11 is 0. The number of hydrogen-bond acceptors (Lipinski definition) is 6. The number of methoxy groups -OCH3 is 1. The van der Waals surface area contributed by atoms with E-state index in [0.29, 0.717) is 19.6 Å². The lowest BCUT2D eigenvalue weighted by Crippen LogP contribution is -2.40. The molecule has 1 saturated heterocycles. The first-order valence-electron chi connectivity index (χ1n) is 8.26. The molecule has 2 aromatic heterocycles. The minimum absolute atomic E-state index is 0.144. The predicted molar refractivity (Wildman–Crippen MR) is 85.1 cm³/mol. The van der Waals surface area contributed by atoms with Crippen LogP contribution >= 0.6 is 0 Å². The molecule has 0 aromatic carbocycles. The summed E-state index contributed by atoms with van der Waals surface area (Å²) in [5, 5.41) is 10.9. The normalized spacial score (nSPS) is 18.0. The standard InChI is InChI=1S/C15H23N7O2/c1-24-10-9-20-8-5-16-15(20)13-3-2-6-21(11-13)14(23)4-7-22-12-17-18-19-22/h5,8,12-13H,2-4,6-7,9-11H2,1H3. The molecule has 0 aliphatic carbocycles. The first kappa shape index (κ1) is 16.6. The molecule has 1 amide bonds. The number of likely N-dealkylation sites (tertiary alicyclic amines) is 1. The van der Waals surface area contributed by atoms with Gasteiger partial charge in [0.15, 0.2) is 0 Å². The summed E-state index contributed by atoms with van der Waals surface area (Å²) in [4.78, 5) is 18.9. The molecule has 1 unspecified atom stereocenters. The molecule has 0 radical (unpaired) electrons. The van der Waals surface area contributed by atoms with E-state index in [0.717, 1.165) is 38.3 Å². The highest BCUT2D eigenvalue weighted by Gasteiger charge is 2.27. The first-order valence-corrected chi connectivity index (χ1v) is 8.26. The summed E-state index contributed by atoms with van der Waals surface area (Å²) in [6, 6.07) is 0. The molecule has 1 aliphatic rings. The topological polar surface area (TPSA) is 91.0 Å². The third-order valence-electron chi connectivity index (χ3n) is 4.37. The van der Waals surface area contributed by atoms with E-state index >= 15 is 0 Å². The van der Waals surface area contributed by atoms with Gasteiger partial charge in [0.25, 0.3) is 0 Å². The SMILES string of the molecule is COCCn1ccnc1C1CCCN(C(=O)CCn2cnnn2)C1. The van der Waals surface area contributed by atoms with Crippen molar-refractivity contribution in [2.24, 2.45) is 0 Å². The number of piperidine rings is 1. The van der Waals surface area contributed by atoms with Gasteiger partial charge in [-0.15, -0.1) is 5.10 Å². The molecule has 3 heterocycles. The minimum Gasteiger partial charge on any atom is -0.383 e. The fourth-order valence-electron chi connectivity index (χ4n) is 3.12. The summed E-state index contributed by atoms with van der Waals surface area (Å²) in [6.45, 7) is 3.48. The van der Waals surface area contributed by atoms with E-state index in [-0.39, 0.29) is 11.8 Å². The molecule has 0 spiro atoms. The Morgan fingerprint density at radius 3 is 3.12 bits per heavy atom. The number of carbonyl (C=O) groups excluding carboxylic acids is 1. The number of amides is 1. The van der Waals surface area contributed by atoms with Gasteiger partial charge in [-0.1, -0.05) is 0 Å². The molecular formula is C15H23N7O2. The average molecular weight is 333 g/mol. The van der Waals surface area contributed by atoms with Gasteiger partial charge in [-0.05, 0) is 23.3 Å². The van der Waals surface area contributed by atoms with Crippen LogP contribution in [0.3, 0.4) is 0 Å². The van der Waals surface area contributed by atoms with Crippen molar-refractivity contribution in [3.63, 3.8) is 0 Å². The van der Waals surface area contributed by atoms with Crippen LogP contribution < -0.4 is 0 Å². The van der Waals surface area contributed by atoms with Crippen molar-refractivity contribution in [3.05, 3.63) is 24.5 Å². The second-order valence-corrected chi connectivity index (χ2v) is 5.97. The highest BCUT2D eigenvalue weighted by atomic mass is 16.5. The van der Waals surface area contributed by atoms with E-state index in [4.69, 9.17) is 4.74 Å². The zero-order chi connectivity index (χ0) is 16.8. The maximum atomic E-state index is 12.5. The summed E-state index contributed by atoms with van der Waals surface area (Å²) < 4.78 is 8.86. The molecule has 0 bridgehead atoms. The zero-order valence-electron chi connectivity index (χ0n) is 13.9. The van der Waals surface area contributed by atoms with Gasteiger partial charge in [0.2, 0.25) is 5.91 Å². The summed E-state index contributed by atoms with van der Waals surface area (Å²) in [5.41, 5.74) is 0. The Balaban J connectivity index is 1.57. The van der Waals surface area contributed by atoms with Crippen molar-refractivity contribution >= 4 is 5.91 Å². The highest BCUT2D eigenvalue weighted by Crippen LogP contribution is 2.26. The number of rotatable bonds is 7. The molecule has 1 aliphatic heterocycles. The molecule has 2 aromatic rings. The third kappa shape index (κ3) is 3.97. The van der Waals surface area contributed by atoms with Gasteiger partial charge in [0.1, 0.15) is 12.2 Å². The van der Waals surface area contributed by atoms with Gasteiger partial charge < -0.3 is 14.2 Å². The molecular weight excluding hydrogens is 310 g/mol. The van der Waals surface area contributed by atoms with E-state index < -0.39 is 0 Å². The number of ether oxygens (including phenoxy) is 1. The summed E-state index contributed by atoms with van der Waals surface area (Å²) in [5.74, 6) is 1.47. The second-order valence-electron chi connectivity index (χ2n) is 5.97. The first-order chi connectivity index (χ1) is 11.8. The molecule has 9 heteroatoms. The lowest BCUT2D eigenvalue weighted by atomic mass is 9.97. The number of tetrazole rings is 1. The Bertz CT molecular complexity index is 640. The largest absolute Gasteiger partial charge is 0.383 e. The quantitative estimate of drug-likeness (QED) is 0.724. The lowest BCUT2D eigenvalue weighted by molar-refractivity contribution is -0.132. The Labute approximate surface area is 140 Å². The monoisotopic (exact) mass is 333 g/mol. The van der Waals surface area contributed by atoms with Crippen LogP contribution in [0.4, 0.5) is 0 Å². The molecule has 0 saturated carbocycles. The highest BCUT2D eigenvalue weighted by molar-refractivity contribution is 5.76. The van der Waals surface area contributed by atoms with Crippen molar-refractivity contribution < 1.29 is 9.53 Å². The Morgan fingerprint density at radius 1 is 1.42 bits per heavy atom. The van der Waals surface area contributed by atoms with Crippen molar-refractivity contribution in [1.82, 2.24) is 34.7 Å². The number of aromatic nitrogens is 6. The molecule has 3 rings (SSSR count). The van der Waals surface area contributed by atoms with Crippen LogP contribution in [0.25, 0.3) is 0 Å². The van der Waals surface area contributed by atoms with Crippen LogP contribution in [0.15, 0.2) is 18.7 Å². The number of nitrogens with zero attached hydrogens (tertiary/aromatic N) is 7. The Morgan fingerprint density at radius 2 is 2.33 bits per heavy atom. The summed E-state index contributed by atoms with van der Waals surface area (Å²) in [6.07, 6.45) is 7.80. The smallest absolute Gasteiger partial charge is 0.224 e.